The molecule has 1 aliphatic rings. The van der Waals surface area contributed by atoms with Crippen molar-refractivity contribution >= 4 is 11.6 Å². The number of halogens is 1. The van der Waals surface area contributed by atoms with Crippen molar-refractivity contribution in [3.8, 4) is 0 Å². The molecule has 1 rings (SSSR count). The smallest absolute Gasteiger partial charge is 0.0341 e. The highest BCUT2D eigenvalue weighted by atomic mass is 35.5. The summed E-state index contributed by atoms with van der Waals surface area (Å²) < 4.78 is 0. The second kappa shape index (κ2) is 6.47. The van der Waals surface area contributed by atoms with Crippen LogP contribution in [0.4, 0.5) is 0 Å². The maximum atomic E-state index is 6.34. The van der Waals surface area contributed by atoms with Crippen LogP contribution in [0, 0.1) is 0 Å². The molecular formula is C12H22ClN. The van der Waals surface area contributed by atoms with Crippen LogP contribution in [0.25, 0.3) is 0 Å². The minimum absolute atomic E-state index is 0.991. The van der Waals surface area contributed by atoms with Gasteiger partial charge in [-0.25, -0.2) is 0 Å². The molecule has 0 aliphatic carbocycles. The molecule has 82 valence electrons. The third-order valence-electron chi connectivity index (χ3n) is 2.92. The van der Waals surface area contributed by atoms with E-state index in [0.717, 1.165) is 18.0 Å². The standard InChI is InChI=1S/C12H22ClN/c1-3-7-11(4-2)12(13)10-14-8-5-6-9-14/h3-10H2,1-2H3/b12-11+. The Hall–Kier alpha value is -0.0100. The van der Waals surface area contributed by atoms with E-state index >= 15 is 0 Å². The fraction of sp³-hybridized carbons (Fsp3) is 0.833. The minimum Gasteiger partial charge on any atom is -0.298 e. The summed E-state index contributed by atoms with van der Waals surface area (Å²) in [6.45, 7) is 7.89. The molecule has 1 aliphatic heterocycles. The summed E-state index contributed by atoms with van der Waals surface area (Å²) in [5.41, 5.74) is 1.46. The average Bonchev–Trinajstić information content (AvgIpc) is 2.66. The number of hydrogen-bond donors (Lipinski definition) is 0. The van der Waals surface area contributed by atoms with Crippen LogP contribution < -0.4 is 0 Å². The van der Waals surface area contributed by atoms with Crippen molar-refractivity contribution in [2.45, 2.75) is 46.0 Å². The molecule has 1 saturated heterocycles. The summed E-state index contributed by atoms with van der Waals surface area (Å²) in [6.07, 6.45) is 6.18. The van der Waals surface area contributed by atoms with Gasteiger partial charge in [-0.3, -0.25) is 4.90 Å². The fourth-order valence-corrected chi connectivity index (χ4v) is 2.45. The molecule has 0 spiro atoms. The molecule has 0 radical (unpaired) electrons. The van der Waals surface area contributed by atoms with Gasteiger partial charge in [-0.1, -0.05) is 37.4 Å². The zero-order valence-electron chi connectivity index (χ0n) is 9.48. The van der Waals surface area contributed by atoms with E-state index in [2.05, 4.69) is 18.7 Å². The van der Waals surface area contributed by atoms with E-state index in [9.17, 15) is 0 Å². The first-order valence-corrected chi connectivity index (χ1v) is 6.24. The highest BCUT2D eigenvalue weighted by Gasteiger charge is 2.13. The molecule has 0 bridgehead atoms. The third kappa shape index (κ3) is 3.62. The Bertz CT molecular complexity index is 192. The molecule has 1 fully saturated rings. The van der Waals surface area contributed by atoms with E-state index in [1.807, 2.05) is 0 Å². The largest absolute Gasteiger partial charge is 0.298 e. The summed E-state index contributed by atoms with van der Waals surface area (Å²) in [5, 5.41) is 1.11. The second-order valence-corrected chi connectivity index (χ2v) is 4.55. The van der Waals surface area contributed by atoms with Gasteiger partial charge in [0.1, 0.15) is 0 Å². The van der Waals surface area contributed by atoms with Gasteiger partial charge < -0.3 is 0 Å². The Balaban J connectivity index is 2.46. The first-order chi connectivity index (χ1) is 6.77. The molecule has 0 N–H and O–H groups in total. The van der Waals surface area contributed by atoms with Crippen LogP contribution in [0.5, 0.6) is 0 Å². The van der Waals surface area contributed by atoms with Crippen LogP contribution in [0.3, 0.4) is 0 Å². The SMILES string of the molecule is CCC/C(CC)=C(/Cl)CN1CCCC1. The van der Waals surface area contributed by atoms with Crippen molar-refractivity contribution in [3.63, 3.8) is 0 Å². The molecule has 1 heterocycles. The Morgan fingerprint density at radius 2 is 1.86 bits per heavy atom. The van der Waals surface area contributed by atoms with Crippen molar-refractivity contribution in [2.75, 3.05) is 19.6 Å². The number of allylic oxidation sites excluding steroid dienone is 1. The molecule has 0 aromatic heterocycles. The van der Waals surface area contributed by atoms with Crippen molar-refractivity contribution in [1.82, 2.24) is 4.90 Å². The third-order valence-corrected chi connectivity index (χ3v) is 3.31. The summed E-state index contributed by atoms with van der Waals surface area (Å²) >= 11 is 6.34. The van der Waals surface area contributed by atoms with Gasteiger partial charge in [0.25, 0.3) is 0 Å². The van der Waals surface area contributed by atoms with Crippen LogP contribution in [0.15, 0.2) is 10.6 Å². The lowest BCUT2D eigenvalue weighted by atomic mass is 10.1. The van der Waals surface area contributed by atoms with E-state index in [1.165, 1.54) is 44.3 Å². The lowest BCUT2D eigenvalue weighted by Gasteiger charge is -2.16. The van der Waals surface area contributed by atoms with Gasteiger partial charge in [0.15, 0.2) is 0 Å². The van der Waals surface area contributed by atoms with Crippen molar-refractivity contribution < 1.29 is 0 Å². The molecule has 1 nitrogen and oxygen atoms in total. The summed E-state index contributed by atoms with van der Waals surface area (Å²) in [6, 6.07) is 0. The quantitative estimate of drug-likeness (QED) is 0.675. The topological polar surface area (TPSA) is 3.24 Å². The van der Waals surface area contributed by atoms with E-state index < -0.39 is 0 Å². The van der Waals surface area contributed by atoms with Gasteiger partial charge in [-0.05, 0) is 38.8 Å². The highest BCUT2D eigenvalue weighted by Crippen LogP contribution is 2.21. The van der Waals surface area contributed by atoms with Crippen LogP contribution in [0.1, 0.15) is 46.0 Å². The Morgan fingerprint density at radius 3 is 2.36 bits per heavy atom. The molecule has 0 aromatic rings. The fourth-order valence-electron chi connectivity index (χ4n) is 2.05. The van der Waals surface area contributed by atoms with E-state index in [1.54, 1.807) is 0 Å². The highest BCUT2D eigenvalue weighted by molar-refractivity contribution is 6.30. The molecule has 0 atom stereocenters. The predicted octanol–water partition coefficient (Wildman–Crippen LogP) is 3.79. The van der Waals surface area contributed by atoms with Crippen molar-refractivity contribution in [1.29, 1.82) is 0 Å². The maximum Gasteiger partial charge on any atom is 0.0341 e. The number of hydrogen-bond acceptors (Lipinski definition) is 1. The Labute approximate surface area is 93.1 Å². The average molecular weight is 216 g/mol. The van der Waals surface area contributed by atoms with E-state index in [-0.39, 0.29) is 0 Å². The summed E-state index contributed by atoms with van der Waals surface area (Å²) in [4.78, 5) is 2.47. The molecule has 0 aromatic carbocycles. The monoisotopic (exact) mass is 215 g/mol. The minimum atomic E-state index is 0.991. The molecular weight excluding hydrogens is 194 g/mol. The predicted molar refractivity (Wildman–Crippen MR) is 63.8 cm³/mol. The number of likely N-dealkylation sites (tertiary alicyclic amines) is 1. The van der Waals surface area contributed by atoms with Crippen LogP contribution in [-0.2, 0) is 0 Å². The number of nitrogens with zero attached hydrogens (tertiary/aromatic N) is 1. The first-order valence-electron chi connectivity index (χ1n) is 5.86. The van der Waals surface area contributed by atoms with Gasteiger partial charge >= 0.3 is 0 Å². The van der Waals surface area contributed by atoms with Crippen molar-refractivity contribution in [2.24, 2.45) is 0 Å². The van der Waals surface area contributed by atoms with Gasteiger partial charge in [-0.2, -0.15) is 0 Å². The lowest BCUT2D eigenvalue weighted by Crippen LogP contribution is -2.21. The molecule has 0 amide bonds. The number of rotatable bonds is 5. The van der Waals surface area contributed by atoms with Crippen LogP contribution in [0.2, 0.25) is 0 Å². The molecule has 2 heteroatoms. The van der Waals surface area contributed by atoms with Crippen molar-refractivity contribution in [3.05, 3.63) is 10.6 Å². The van der Waals surface area contributed by atoms with Gasteiger partial charge in [-0.15, -0.1) is 0 Å². The summed E-state index contributed by atoms with van der Waals surface area (Å²) in [5.74, 6) is 0. The zero-order chi connectivity index (χ0) is 10.4. The first kappa shape index (κ1) is 12.1. The van der Waals surface area contributed by atoms with E-state index in [4.69, 9.17) is 11.6 Å². The Morgan fingerprint density at radius 1 is 1.21 bits per heavy atom. The lowest BCUT2D eigenvalue weighted by molar-refractivity contribution is 0.373. The second-order valence-electron chi connectivity index (χ2n) is 4.10. The van der Waals surface area contributed by atoms with Gasteiger partial charge in [0.05, 0.1) is 0 Å². The zero-order valence-corrected chi connectivity index (χ0v) is 10.2. The van der Waals surface area contributed by atoms with Crippen LogP contribution >= 0.6 is 11.6 Å². The normalized spacial score (nSPS) is 19.9. The molecule has 14 heavy (non-hydrogen) atoms. The molecule has 0 unspecified atom stereocenters. The van der Waals surface area contributed by atoms with Gasteiger partial charge in [0, 0.05) is 11.6 Å². The Kier molecular flexibility index (Phi) is 5.57. The van der Waals surface area contributed by atoms with Crippen LogP contribution in [-0.4, -0.2) is 24.5 Å². The van der Waals surface area contributed by atoms with E-state index in [0.29, 0.717) is 0 Å². The van der Waals surface area contributed by atoms with Gasteiger partial charge in [0.2, 0.25) is 0 Å². The maximum absolute atomic E-state index is 6.34. The summed E-state index contributed by atoms with van der Waals surface area (Å²) in [7, 11) is 0. The molecule has 0 saturated carbocycles.